The summed E-state index contributed by atoms with van der Waals surface area (Å²) in [5, 5.41) is 19.2. The van der Waals surface area contributed by atoms with E-state index in [1.807, 2.05) is 0 Å². The first kappa shape index (κ1) is 19.7. The maximum Gasteiger partial charge on any atom is 0.319 e. The van der Waals surface area contributed by atoms with Crippen LogP contribution in [0.2, 0.25) is 10.0 Å². The highest BCUT2D eigenvalue weighted by atomic mass is 35.5. The normalized spacial score (nSPS) is 16.2. The third kappa shape index (κ3) is 3.92. The number of allylic oxidation sites excluding steroid dienone is 1. The molecule has 0 saturated heterocycles. The van der Waals surface area contributed by atoms with Crippen LogP contribution in [0.5, 0.6) is 0 Å². The Morgan fingerprint density at radius 2 is 1.93 bits per heavy atom. The molecule has 1 aliphatic heterocycles. The van der Waals surface area contributed by atoms with Crippen molar-refractivity contribution in [2.24, 2.45) is 0 Å². The quantitative estimate of drug-likeness (QED) is 0.508. The standard InChI is InChI=1S/C18H14Cl2N4O4/c1-9-14(17(25)22-10-4-2-5-11(8-10)24(27)28)16(23-18(26)21-9)12-6-3-7-13(19)15(12)20/h2-8,16H,1H3,(H,22,25)(H2,21,23,26). The van der Waals surface area contributed by atoms with Crippen LogP contribution in [-0.4, -0.2) is 16.9 Å². The van der Waals surface area contributed by atoms with Gasteiger partial charge in [-0.2, -0.15) is 0 Å². The number of carbonyl (C=O) groups is 2. The number of nitro groups is 1. The summed E-state index contributed by atoms with van der Waals surface area (Å²) in [7, 11) is 0. The zero-order chi connectivity index (χ0) is 20.4. The van der Waals surface area contributed by atoms with Crippen LogP contribution in [0, 0.1) is 10.1 Å². The van der Waals surface area contributed by atoms with Crippen molar-refractivity contribution in [3.63, 3.8) is 0 Å². The topological polar surface area (TPSA) is 113 Å². The molecule has 3 rings (SSSR count). The van der Waals surface area contributed by atoms with Crippen LogP contribution >= 0.6 is 23.2 Å². The number of nitrogens with one attached hydrogen (secondary N) is 3. The summed E-state index contributed by atoms with van der Waals surface area (Å²) in [6.07, 6.45) is 0. The van der Waals surface area contributed by atoms with Gasteiger partial charge in [-0.1, -0.05) is 41.4 Å². The Morgan fingerprint density at radius 3 is 2.64 bits per heavy atom. The molecule has 0 bridgehead atoms. The number of rotatable bonds is 4. The van der Waals surface area contributed by atoms with E-state index >= 15 is 0 Å². The Morgan fingerprint density at radius 1 is 1.21 bits per heavy atom. The maximum absolute atomic E-state index is 12.9. The molecule has 1 aliphatic rings. The molecule has 3 amide bonds. The summed E-state index contributed by atoms with van der Waals surface area (Å²) in [6, 6.07) is 9.10. The molecule has 28 heavy (non-hydrogen) atoms. The second-order valence-corrected chi connectivity index (χ2v) is 6.76. The summed E-state index contributed by atoms with van der Waals surface area (Å²) < 4.78 is 0. The van der Waals surface area contributed by atoms with Gasteiger partial charge >= 0.3 is 6.03 Å². The number of urea groups is 1. The van der Waals surface area contributed by atoms with E-state index < -0.39 is 22.9 Å². The highest BCUT2D eigenvalue weighted by Crippen LogP contribution is 2.35. The molecule has 8 nitrogen and oxygen atoms in total. The van der Waals surface area contributed by atoms with Crippen LogP contribution < -0.4 is 16.0 Å². The van der Waals surface area contributed by atoms with E-state index in [0.717, 1.165) is 0 Å². The predicted octanol–water partition coefficient (Wildman–Crippen LogP) is 4.17. The van der Waals surface area contributed by atoms with Crippen LogP contribution in [0.4, 0.5) is 16.2 Å². The van der Waals surface area contributed by atoms with Gasteiger partial charge in [0.05, 0.1) is 26.6 Å². The number of carbonyl (C=O) groups excluding carboxylic acids is 2. The number of anilines is 1. The summed E-state index contributed by atoms with van der Waals surface area (Å²) in [5.74, 6) is -0.549. The highest BCUT2D eigenvalue weighted by Gasteiger charge is 2.33. The van der Waals surface area contributed by atoms with Gasteiger partial charge in [-0.15, -0.1) is 0 Å². The lowest BCUT2D eigenvalue weighted by Crippen LogP contribution is -2.46. The van der Waals surface area contributed by atoms with Crippen LogP contribution in [0.1, 0.15) is 18.5 Å². The molecule has 0 fully saturated rings. The van der Waals surface area contributed by atoms with Gasteiger partial charge in [0.1, 0.15) is 0 Å². The number of nitrogens with zero attached hydrogens (tertiary/aromatic N) is 1. The van der Waals surface area contributed by atoms with Gasteiger partial charge in [-0.25, -0.2) is 4.79 Å². The fraction of sp³-hybridized carbons (Fsp3) is 0.111. The lowest BCUT2D eigenvalue weighted by atomic mass is 9.94. The van der Waals surface area contributed by atoms with E-state index in [4.69, 9.17) is 23.2 Å². The zero-order valence-corrected chi connectivity index (χ0v) is 16.0. The highest BCUT2D eigenvalue weighted by molar-refractivity contribution is 6.42. The van der Waals surface area contributed by atoms with Crippen molar-refractivity contribution < 1.29 is 14.5 Å². The number of non-ortho nitro benzene ring substituents is 1. The summed E-state index contributed by atoms with van der Waals surface area (Å²) in [6.45, 7) is 1.58. The van der Waals surface area contributed by atoms with E-state index in [-0.39, 0.29) is 27.0 Å². The number of amides is 3. The summed E-state index contributed by atoms with van der Waals surface area (Å²) >= 11 is 12.3. The van der Waals surface area contributed by atoms with Gasteiger partial charge in [-0.3, -0.25) is 14.9 Å². The molecule has 1 heterocycles. The van der Waals surface area contributed by atoms with Gasteiger partial charge in [0, 0.05) is 23.5 Å². The molecular weight excluding hydrogens is 407 g/mol. The van der Waals surface area contributed by atoms with Crippen molar-refractivity contribution >= 4 is 46.5 Å². The van der Waals surface area contributed by atoms with Gasteiger partial charge < -0.3 is 16.0 Å². The van der Waals surface area contributed by atoms with E-state index in [1.165, 1.54) is 24.3 Å². The van der Waals surface area contributed by atoms with Crippen molar-refractivity contribution in [1.82, 2.24) is 10.6 Å². The molecule has 0 spiro atoms. The minimum Gasteiger partial charge on any atom is -0.327 e. The number of nitro benzene ring substituents is 1. The summed E-state index contributed by atoms with van der Waals surface area (Å²) in [4.78, 5) is 35.3. The van der Waals surface area contributed by atoms with Crippen molar-refractivity contribution in [3.8, 4) is 0 Å². The third-order valence-electron chi connectivity index (χ3n) is 4.12. The average molecular weight is 421 g/mol. The number of hydrogen-bond donors (Lipinski definition) is 3. The molecule has 10 heteroatoms. The number of hydrogen-bond acceptors (Lipinski definition) is 4. The lowest BCUT2D eigenvalue weighted by Gasteiger charge is -2.29. The first-order valence-corrected chi connectivity index (χ1v) is 8.81. The minimum absolute atomic E-state index is 0.159. The van der Waals surface area contributed by atoms with Gasteiger partial charge in [-0.05, 0) is 24.6 Å². The largest absolute Gasteiger partial charge is 0.327 e. The number of halogens is 2. The first-order chi connectivity index (χ1) is 13.3. The van der Waals surface area contributed by atoms with Gasteiger partial charge in [0.2, 0.25) is 0 Å². The Kier molecular flexibility index (Phi) is 5.53. The first-order valence-electron chi connectivity index (χ1n) is 8.06. The fourth-order valence-electron chi connectivity index (χ4n) is 2.87. The monoisotopic (exact) mass is 420 g/mol. The smallest absolute Gasteiger partial charge is 0.319 e. The minimum atomic E-state index is -0.848. The van der Waals surface area contributed by atoms with Gasteiger partial charge in [0.25, 0.3) is 11.6 Å². The van der Waals surface area contributed by atoms with E-state index in [0.29, 0.717) is 11.3 Å². The zero-order valence-electron chi connectivity index (χ0n) is 14.5. The van der Waals surface area contributed by atoms with Crippen molar-refractivity contribution in [2.45, 2.75) is 13.0 Å². The van der Waals surface area contributed by atoms with Crippen molar-refractivity contribution in [2.75, 3.05) is 5.32 Å². The molecule has 0 saturated carbocycles. The molecule has 2 aromatic rings. The fourth-order valence-corrected chi connectivity index (χ4v) is 3.28. The summed E-state index contributed by atoms with van der Waals surface area (Å²) in [5.41, 5.74) is 1.07. The van der Waals surface area contributed by atoms with Crippen LogP contribution in [-0.2, 0) is 4.79 Å². The lowest BCUT2D eigenvalue weighted by molar-refractivity contribution is -0.384. The second kappa shape index (κ2) is 7.87. The van der Waals surface area contributed by atoms with E-state index in [2.05, 4.69) is 16.0 Å². The predicted molar refractivity (Wildman–Crippen MR) is 105 cm³/mol. The van der Waals surface area contributed by atoms with E-state index in [1.54, 1.807) is 25.1 Å². The second-order valence-electron chi connectivity index (χ2n) is 5.97. The molecule has 3 N–H and O–H groups in total. The SMILES string of the molecule is CC1=C(C(=O)Nc2cccc([N+](=O)[O-])c2)C(c2cccc(Cl)c2Cl)NC(=O)N1. The van der Waals surface area contributed by atoms with Crippen LogP contribution in [0.15, 0.2) is 53.7 Å². The Balaban J connectivity index is 1.98. The molecule has 1 unspecified atom stereocenters. The molecular formula is C18H14Cl2N4O4. The van der Waals surface area contributed by atoms with Gasteiger partial charge in [0.15, 0.2) is 0 Å². The third-order valence-corrected chi connectivity index (χ3v) is 4.95. The van der Waals surface area contributed by atoms with Crippen molar-refractivity contribution in [1.29, 1.82) is 0 Å². The van der Waals surface area contributed by atoms with E-state index in [9.17, 15) is 19.7 Å². The molecule has 0 aromatic heterocycles. The molecule has 1 atom stereocenters. The van der Waals surface area contributed by atoms with Crippen molar-refractivity contribution in [3.05, 3.63) is 79.5 Å². The molecule has 144 valence electrons. The molecule has 0 radical (unpaired) electrons. The number of benzene rings is 2. The Labute approximate surface area is 169 Å². The maximum atomic E-state index is 12.9. The average Bonchev–Trinajstić information content (AvgIpc) is 2.63. The Bertz CT molecular complexity index is 1020. The molecule has 0 aliphatic carbocycles. The molecule has 2 aromatic carbocycles. The van der Waals surface area contributed by atoms with Crippen LogP contribution in [0.3, 0.4) is 0 Å². The Hall–Kier alpha value is -3.10. The van der Waals surface area contributed by atoms with Crippen LogP contribution in [0.25, 0.3) is 0 Å².